The molecule has 0 aliphatic carbocycles. The summed E-state index contributed by atoms with van der Waals surface area (Å²) in [7, 11) is 0. The van der Waals surface area contributed by atoms with E-state index in [1.54, 1.807) is 23.5 Å². The molecule has 3 aromatic rings. The van der Waals surface area contributed by atoms with Gasteiger partial charge in [0.15, 0.2) is 0 Å². The van der Waals surface area contributed by atoms with Gasteiger partial charge in [0.25, 0.3) is 0 Å². The van der Waals surface area contributed by atoms with E-state index in [0.717, 1.165) is 0 Å². The van der Waals surface area contributed by atoms with E-state index in [4.69, 9.17) is 0 Å². The highest BCUT2D eigenvalue weighted by molar-refractivity contribution is 7.10. The van der Waals surface area contributed by atoms with Crippen molar-refractivity contribution in [3.63, 3.8) is 0 Å². The van der Waals surface area contributed by atoms with Crippen LogP contribution in [0.2, 0.25) is 0 Å². The second-order valence-electron chi connectivity index (χ2n) is 6.68. The highest BCUT2D eigenvalue weighted by Crippen LogP contribution is 2.28. The largest absolute Gasteiger partial charge is 0.366 e. The van der Waals surface area contributed by atoms with Crippen LogP contribution in [0.5, 0.6) is 0 Å². The van der Waals surface area contributed by atoms with Gasteiger partial charge >= 0.3 is 0 Å². The summed E-state index contributed by atoms with van der Waals surface area (Å²) < 4.78 is 16.1. The van der Waals surface area contributed by atoms with Gasteiger partial charge < -0.3 is 14.4 Å². The lowest BCUT2D eigenvalue weighted by molar-refractivity contribution is -0.132. The van der Waals surface area contributed by atoms with E-state index in [1.807, 2.05) is 51.8 Å². The topological polar surface area (TPSA) is 28.5 Å². The molecule has 1 atom stereocenters. The molecule has 0 saturated carbocycles. The molecule has 1 saturated heterocycles. The van der Waals surface area contributed by atoms with E-state index in [9.17, 15) is 9.18 Å². The molecule has 1 aromatic carbocycles. The summed E-state index contributed by atoms with van der Waals surface area (Å²) >= 11 is 1.68. The molecule has 1 aliphatic heterocycles. The average Bonchev–Trinajstić information content (AvgIpc) is 3.41. The number of hydrogen-bond acceptors (Lipinski definition) is 3. The number of aromatic nitrogens is 1. The number of carbonyl (C=O) groups is 1. The van der Waals surface area contributed by atoms with Crippen molar-refractivity contribution < 1.29 is 9.18 Å². The minimum absolute atomic E-state index is 0.0251. The lowest BCUT2D eigenvalue weighted by atomic mass is 10.1. The quantitative estimate of drug-likeness (QED) is 0.666. The monoisotopic (exact) mass is 383 g/mol. The van der Waals surface area contributed by atoms with Crippen LogP contribution in [0.15, 0.2) is 66.3 Å². The maximum Gasteiger partial charge on any atom is 0.225 e. The third-order valence-corrected chi connectivity index (χ3v) is 6.03. The lowest BCUT2D eigenvalue weighted by Gasteiger charge is -2.36. The van der Waals surface area contributed by atoms with Gasteiger partial charge in [0.2, 0.25) is 5.91 Å². The Bertz CT molecular complexity index is 836. The van der Waals surface area contributed by atoms with Crippen LogP contribution >= 0.6 is 11.3 Å². The molecule has 4 rings (SSSR count). The van der Waals surface area contributed by atoms with Crippen molar-refractivity contribution in [1.29, 1.82) is 0 Å². The maximum absolute atomic E-state index is 14.0. The molecule has 0 unspecified atom stereocenters. The number of nitrogens with zero attached hydrogens (tertiary/aromatic N) is 3. The van der Waals surface area contributed by atoms with Crippen molar-refractivity contribution in [1.82, 2.24) is 9.47 Å². The van der Waals surface area contributed by atoms with Gasteiger partial charge in [0.05, 0.1) is 18.2 Å². The SMILES string of the molecule is O=C(C[C@H](c1cccs1)n1cccc1)N1CCN(c2ccccc2F)CC1. The van der Waals surface area contributed by atoms with Gasteiger partial charge in [-0.05, 0) is 35.7 Å². The van der Waals surface area contributed by atoms with Gasteiger partial charge in [-0.2, -0.15) is 0 Å². The number of anilines is 1. The molecule has 1 amide bonds. The minimum Gasteiger partial charge on any atom is -0.366 e. The Morgan fingerprint density at radius 3 is 2.41 bits per heavy atom. The first-order valence-corrected chi connectivity index (χ1v) is 10.0. The van der Waals surface area contributed by atoms with Crippen LogP contribution in [0.25, 0.3) is 0 Å². The molecular formula is C21H22FN3OS. The van der Waals surface area contributed by atoms with E-state index in [2.05, 4.69) is 10.6 Å². The number of halogens is 1. The fourth-order valence-corrected chi connectivity index (χ4v) is 4.42. The number of thiophene rings is 1. The van der Waals surface area contributed by atoms with Gasteiger partial charge in [0.1, 0.15) is 5.82 Å². The molecule has 0 N–H and O–H groups in total. The van der Waals surface area contributed by atoms with Crippen molar-refractivity contribution in [2.24, 2.45) is 0 Å². The summed E-state index contributed by atoms with van der Waals surface area (Å²) in [6.45, 7) is 2.55. The third-order valence-electron chi connectivity index (χ3n) is 5.05. The Morgan fingerprint density at radius 2 is 1.74 bits per heavy atom. The maximum atomic E-state index is 14.0. The summed E-state index contributed by atoms with van der Waals surface area (Å²) in [6.07, 6.45) is 4.45. The highest BCUT2D eigenvalue weighted by Gasteiger charge is 2.26. The van der Waals surface area contributed by atoms with Crippen LogP contribution in [0.1, 0.15) is 17.3 Å². The first kappa shape index (κ1) is 17.8. The number of piperazine rings is 1. The molecule has 3 heterocycles. The molecule has 4 nitrogen and oxygen atoms in total. The van der Waals surface area contributed by atoms with Crippen molar-refractivity contribution >= 4 is 22.9 Å². The molecule has 27 heavy (non-hydrogen) atoms. The molecule has 0 bridgehead atoms. The molecular weight excluding hydrogens is 361 g/mol. The number of hydrogen-bond donors (Lipinski definition) is 0. The van der Waals surface area contributed by atoms with Crippen molar-refractivity contribution in [3.8, 4) is 0 Å². The Hall–Kier alpha value is -2.60. The van der Waals surface area contributed by atoms with E-state index >= 15 is 0 Å². The predicted molar refractivity (Wildman–Crippen MR) is 107 cm³/mol. The summed E-state index contributed by atoms with van der Waals surface area (Å²) in [5, 5.41) is 2.05. The van der Waals surface area contributed by atoms with E-state index in [-0.39, 0.29) is 17.8 Å². The van der Waals surface area contributed by atoms with Crippen LogP contribution in [0, 0.1) is 5.82 Å². The first-order valence-electron chi connectivity index (χ1n) is 9.15. The number of amides is 1. The smallest absolute Gasteiger partial charge is 0.225 e. The fraction of sp³-hybridized carbons (Fsp3) is 0.286. The summed E-state index contributed by atoms with van der Waals surface area (Å²) in [4.78, 5) is 18.0. The molecule has 2 aromatic heterocycles. The zero-order chi connectivity index (χ0) is 18.6. The third kappa shape index (κ3) is 3.90. The van der Waals surface area contributed by atoms with E-state index < -0.39 is 0 Å². The molecule has 0 spiro atoms. The standard InChI is InChI=1S/C21H22FN3OS/c22-17-6-1-2-7-18(17)24-11-13-25(14-12-24)21(26)16-19(20-8-5-15-27-20)23-9-3-4-10-23/h1-10,15,19H,11-14,16H2/t19-/m1/s1. The lowest BCUT2D eigenvalue weighted by Crippen LogP contribution is -2.49. The molecule has 140 valence electrons. The number of benzene rings is 1. The Balaban J connectivity index is 1.41. The molecule has 1 aliphatic rings. The minimum atomic E-state index is -0.206. The van der Waals surface area contributed by atoms with Crippen molar-refractivity contribution in [2.45, 2.75) is 12.5 Å². The number of para-hydroxylation sites is 1. The Morgan fingerprint density at radius 1 is 1.00 bits per heavy atom. The normalized spacial score (nSPS) is 15.7. The van der Waals surface area contributed by atoms with Crippen LogP contribution in [0.4, 0.5) is 10.1 Å². The van der Waals surface area contributed by atoms with Crippen LogP contribution < -0.4 is 4.90 Å². The number of carbonyl (C=O) groups excluding carboxylic acids is 1. The summed E-state index contributed by atoms with van der Waals surface area (Å²) in [5.41, 5.74) is 0.619. The van der Waals surface area contributed by atoms with Gasteiger partial charge in [0, 0.05) is 43.4 Å². The summed E-state index contributed by atoms with van der Waals surface area (Å²) in [6, 6.07) is 14.9. The fourth-order valence-electron chi connectivity index (χ4n) is 3.59. The highest BCUT2D eigenvalue weighted by atomic mass is 32.1. The summed E-state index contributed by atoms with van der Waals surface area (Å²) in [5.74, 6) is -0.0575. The van der Waals surface area contributed by atoms with Gasteiger partial charge in [-0.3, -0.25) is 4.79 Å². The van der Waals surface area contributed by atoms with Crippen LogP contribution in [0.3, 0.4) is 0 Å². The number of rotatable bonds is 5. The van der Waals surface area contributed by atoms with E-state index in [0.29, 0.717) is 38.3 Å². The zero-order valence-electron chi connectivity index (χ0n) is 15.0. The second kappa shape index (κ2) is 7.96. The van der Waals surface area contributed by atoms with Gasteiger partial charge in [-0.25, -0.2) is 4.39 Å². The molecule has 0 radical (unpaired) electrons. The Kier molecular flexibility index (Phi) is 5.25. The van der Waals surface area contributed by atoms with E-state index in [1.165, 1.54) is 10.9 Å². The van der Waals surface area contributed by atoms with Crippen molar-refractivity contribution in [3.05, 3.63) is 77.0 Å². The van der Waals surface area contributed by atoms with Crippen molar-refractivity contribution in [2.75, 3.05) is 31.1 Å². The van der Waals surface area contributed by atoms with Crippen LogP contribution in [-0.4, -0.2) is 41.6 Å². The predicted octanol–water partition coefficient (Wildman–Crippen LogP) is 4.02. The van der Waals surface area contributed by atoms with Gasteiger partial charge in [-0.15, -0.1) is 11.3 Å². The first-order chi connectivity index (χ1) is 13.2. The second-order valence-corrected chi connectivity index (χ2v) is 7.66. The Labute approximate surface area is 162 Å². The van der Waals surface area contributed by atoms with Crippen LogP contribution in [-0.2, 0) is 4.79 Å². The molecule has 6 heteroatoms. The molecule has 1 fully saturated rings. The van der Waals surface area contributed by atoms with Gasteiger partial charge in [-0.1, -0.05) is 18.2 Å². The zero-order valence-corrected chi connectivity index (χ0v) is 15.8. The average molecular weight is 383 g/mol.